The Bertz CT molecular complexity index is 421. The van der Waals surface area contributed by atoms with E-state index in [9.17, 15) is 9.90 Å². The van der Waals surface area contributed by atoms with Crippen LogP contribution in [0, 0.1) is 5.92 Å². The summed E-state index contributed by atoms with van der Waals surface area (Å²) in [6, 6.07) is 0. The monoisotopic (exact) mass is 320 g/mol. The third-order valence-corrected chi connectivity index (χ3v) is 4.38. The fourth-order valence-electron chi connectivity index (χ4n) is 2.91. The number of carboxylic acid groups (broad SMARTS) is 1. The topological polar surface area (TPSA) is 57.5 Å². The number of carbonyl (C=O) groups is 1. The molecule has 0 aromatic heterocycles. The molecule has 1 aliphatic rings. The molecule has 1 rings (SSSR count). The van der Waals surface area contributed by atoms with Gasteiger partial charge in [-0.15, -0.1) is 0 Å². The maximum absolute atomic E-state index is 10.5. The number of unbranched alkanes of at least 4 members (excludes halogenated alkanes) is 4. The van der Waals surface area contributed by atoms with Crippen LogP contribution < -0.4 is 0 Å². The Labute approximate surface area is 140 Å². The van der Waals surface area contributed by atoms with Crippen molar-refractivity contribution in [2.24, 2.45) is 5.92 Å². The molecule has 0 bridgehead atoms. The smallest absolute Gasteiger partial charge is 0.332 e. The molecular formula is C20H32O3. The van der Waals surface area contributed by atoms with Crippen molar-refractivity contribution in [1.82, 2.24) is 0 Å². The quantitative estimate of drug-likeness (QED) is 0.392. The number of aliphatic hydroxyl groups is 1. The summed E-state index contributed by atoms with van der Waals surface area (Å²) >= 11 is 0. The first-order valence-electron chi connectivity index (χ1n) is 9.07. The summed E-state index contributed by atoms with van der Waals surface area (Å²) in [5, 5.41) is 17.8. The van der Waals surface area contributed by atoms with E-state index in [2.05, 4.69) is 31.2 Å². The molecule has 1 unspecified atom stereocenters. The third-order valence-electron chi connectivity index (χ3n) is 4.38. The summed E-state index contributed by atoms with van der Waals surface area (Å²) in [6.45, 7) is 2.24. The van der Waals surface area contributed by atoms with Crippen molar-refractivity contribution < 1.29 is 15.0 Å². The summed E-state index contributed by atoms with van der Waals surface area (Å²) in [5.74, 6) is -0.536. The second kappa shape index (κ2) is 12.1. The Hall–Kier alpha value is -1.35. The van der Waals surface area contributed by atoms with Crippen LogP contribution in [0.5, 0.6) is 0 Å². The average Bonchev–Trinajstić information content (AvgIpc) is 2.97. The Morgan fingerprint density at radius 2 is 2.09 bits per heavy atom. The van der Waals surface area contributed by atoms with E-state index in [-0.39, 0.29) is 6.42 Å². The maximum atomic E-state index is 10.5. The van der Waals surface area contributed by atoms with Gasteiger partial charge in [0.1, 0.15) is 0 Å². The van der Waals surface area contributed by atoms with Crippen LogP contribution in [0.4, 0.5) is 0 Å². The molecule has 0 aromatic rings. The number of aliphatic carboxylic acids is 1. The number of aliphatic hydroxyl groups excluding tert-OH is 1. The zero-order chi connectivity index (χ0) is 16.9. The van der Waals surface area contributed by atoms with Crippen molar-refractivity contribution in [3.05, 3.63) is 36.0 Å². The molecule has 0 aromatic carbocycles. The molecular weight excluding hydrogens is 288 g/mol. The molecule has 2 N–H and O–H groups in total. The first-order chi connectivity index (χ1) is 11.1. The van der Waals surface area contributed by atoms with Crippen molar-refractivity contribution in [3.63, 3.8) is 0 Å². The predicted octanol–water partition coefficient (Wildman–Crippen LogP) is 5.02. The van der Waals surface area contributed by atoms with E-state index in [0.29, 0.717) is 12.3 Å². The SMILES string of the molecule is CCCCCC/C=C/C1=CCC[C@@H]1C/C=C\CCC(O)C(=O)O. The summed E-state index contributed by atoms with van der Waals surface area (Å²) in [7, 11) is 0. The molecule has 0 saturated carbocycles. The van der Waals surface area contributed by atoms with E-state index in [4.69, 9.17) is 5.11 Å². The van der Waals surface area contributed by atoms with E-state index in [0.717, 1.165) is 12.8 Å². The summed E-state index contributed by atoms with van der Waals surface area (Å²) in [5.41, 5.74) is 1.45. The van der Waals surface area contributed by atoms with Gasteiger partial charge in [-0.2, -0.15) is 0 Å². The van der Waals surface area contributed by atoms with Gasteiger partial charge in [0, 0.05) is 0 Å². The number of carboxylic acids is 1. The van der Waals surface area contributed by atoms with Gasteiger partial charge in [0.2, 0.25) is 0 Å². The minimum atomic E-state index is -1.24. The Kier molecular flexibility index (Phi) is 10.4. The molecule has 0 saturated heterocycles. The normalized spacial score (nSPS) is 19.6. The van der Waals surface area contributed by atoms with Crippen LogP contribution in [0.1, 0.15) is 71.1 Å². The molecule has 3 heteroatoms. The lowest BCUT2D eigenvalue weighted by Crippen LogP contribution is -2.18. The van der Waals surface area contributed by atoms with Crippen LogP contribution in [0.3, 0.4) is 0 Å². The molecule has 0 aliphatic heterocycles. The fourth-order valence-corrected chi connectivity index (χ4v) is 2.91. The van der Waals surface area contributed by atoms with Gasteiger partial charge in [-0.1, -0.05) is 56.6 Å². The van der Waals surface area contributed by atoms with Crippen LogP contribution in [0.25, 0.3) is 0 Å². The highest BCUT2D eigenvalue weighted by Crippen LogP contribution is 2.30. The molecule has 130 valence electrons. The largest absolute Gasteiger partial charge is 0.479 e. The molecule has 0 spiro atoms. The van der Waals surface area contributed by atoms with Crippen LogP contribution in [-0.4, -0.2) is 22.3 Å². The van der Waals surface area contributed by atoms with Gasteiger partial charge < -0.3 is 10.2 Å². The van der Waals surface area contributed by atoms with Gasteiger partial charge in [0.05, 0.1) is 0 Å². The third kappa shape index (κ3) is 8.75. The Morgan fingerprint density at radius 1 is 1.26 bits per heavy atom. The first kappa shape index (κ1) is 19.7. The highest BCUT2D eigenvalue weighted by Gasteiger charge is 2.15. The van der Waals surface area contributed by atoms with Gasteiger partial charge in [-0.05, 0) is 56.4 Å². The summed E-state index contributed by atoms with van der Waals surface area (Å²) < 4.78 is 0. The number of hydrogen-bond acceptors (Lipinski definition) is 2. The minimum Gasteiger partial charge on any atom is -0.479 e. The van der Waals surface area contributed by atoms with Crippen molar-refractivity contribution >= 4 is 5.97 Å². The highest BCUT2D eigenvalue weighted by molar-refractivity contribution is 5.71. The van der Waals surface area contributed by atoms with Gasteiger partial charge >= 0.3 is 5.97 Å². The first-order valence-corrected chi connectivity index (χ1v) is 9.07. The Morgan fingerprint density at radius 3 is 2.83 bits per heavy atom. The number of allylic oxidation sites excluding steroid dienone is 6. The van der Waals surface area contributed by atoms with Gasteiger partial charge in [-0.3, -0.25) is 0 Å². The van der Waals surface area contributed by atoms with Gasteiger partial charge in [0.25, 0.3) is 0 Å². The second-order valence-electron chi connectivity index (χ2n) is 6.37. The molecule has 0 radical (unpaired) electrons. The zero-order valence-electron chi connectivity index (χ0n) is 14.4. The van der Waals surface area contributed by atoms with E-state index in [1.807, 2.05) is 6.08 Å². The molecule has 0 heterocycles. The minimum absolute atomic E-state index is 0.289. The van der Waals surface area contributed by atoms with E-state index in [1.165, 1.54) is 44.1 Å². The molecule has 1 aliphatic carbocycles. The second-order valence-corrected chi connectivity index (χ2v) is 6.37. The lowest BCUT2D eigenvalue weighted by atomic mass is 9.96. The molecule has 0 amide bonds. The predicted molar refractivity (Wildman–Crippen MR) is 95.3 cm³/mol. The van der Waals surface area contributed by atoms with Gasteiger partial charge in [0.15, 0.2) is 6.10 Å². The summed E-state index contributed by atoms with van der Waals surface area (Å²) in [4.78, 5) is 10.5. The fraction of sp³-hybridized carbons (Fsp3) is 0.650. The van der Waals surface area contributed by atoms with Crippen molar-refractivity contribution in [1.29, 1.82) is 0 Å². The zero-order valence-corrected chi connectivity index (χ0v) is 14.4. The van der Waals surface area contributed by atoms with Crippen LogP contribution in [-0.2, 0) is 4.79 Å². The molecule has 2 atom stereocenters. The Balaban J connectivity index is 2.22. The summed E-state index contributed by atoms with van der Waals surface area (Å²) in [6.07, 6.45) is 20.5. The van der Waals surface area contributed by atoms with Crippen LogP contribution in [0.15, 0.2) is 36.0 Å². The molecule has 23 heavy (non-hydrogen) atoms. The maximum Gasteiger partial charge on any atom is 0.332 e. The van der Waals surface area contributed by atoms with E-state index in [1.54, 1.807) is 0 Å². The number of rotatable bonds is 12. The lowest BCUT2D eigenvalue weighted by Gasteiger charge is -2.09. The standard InChI is InChI=1S/C20H32O3/c1-2-3-4-5-6-8-12-17-14-11-15-18(17)13-9-7-10-16-19(21)20(22)23/h7-9,12,14,18-19,21H,2-6,10-11,13,15-16H2,1H3,(H,22,23)/b9-7-,12-8+/t18-,19?/m0/s1. The van der Waals surface area contributed by atoms with E-state index >= 15 is 0 Å². The van der Waals surface area contributed by atoms with Crippen LogP contribution >= 0.6 is 0 Å². The molecule has 0 fully saturated rings. The van der Waals surface area contributed by atoms with Crippen molar-refractivity contribution in [2.45, 2.75) is 77.2 Å². The highest BCUT2D eigenvalue weighted by atomic mass is 16.4. The van der Waals surface area contributed by atoms with Crippen molar-refractivity contribution in [2.75, 3.05) is 0 Å². The van der Waals surface area contributed by atoms with Gasteiger partial charge in [-0.25, -0.2) is 4.79 Å². The van der Waals surface area contributed by atoms with E-state index < -0.39 is 12.1 Å². The number of hydrogen-bond donors (Lipinski definition) is 2. The molecule has 3 nitrogen and oxygen atoms in total. The van der Waals surface area contributed by atoms with Crippen molar-refractivity contribution in [3.8, 4) is 0 Å². The lowest BCUT2D eigenvalue weighted by molar-refractivity contribution is -0.146. The van der Waals surface area contributed by atoms with Crippen LogP contribution in [0.2, 0.25) is 0 Å². The average molecular weight is 320 g/mol.